The van der Waals surface area contributed by atoms with Crippen LogP contribution in [0.5, 0.6) is 0 Å². The summed E-state index contributed by atoms with van der Waals surface area (Å²) in [7, 11) is 3.12. The fraction of sp³-hybridized carbons (Fsp3) is 0.467. The van der Waals surface area contributed by atoms with Gasteiger partial charge in [-0.25, -0.2) is 8.78 Å². The van der Waals surface area contributed by atoms with Crippen molar-refractivity contribution < 1.29 is 13.6 Å². The van der Waals surface area contributed by atoms with Gasteiger partial charge in [0.15, 0.2) is 6.71 Å². The second kappa shape index (κ2) is 14.2. The molecule has 1 aliphatic heterocycles. The van der Waals surface area contributed by atoms with Gasteiger partial charge < -0.3 is 4.90 Å². The highest BCUT2D eigenvalue weighted by atomic mass is 19.1. The number of aryl methyl sites for hydroxylation is 1. The molecule has 0 fully saturated rings. The molecule has 2 heterocycles. The minimum absolute atomic E-state index is 0.0193. The normalized spacial score (nSPS) is 14.0. The zero-order chi connectivity index (χ0) is 27.7. The maximum absolute atomic E-state index is 14.8. The molecule has 1 aromatic heterocycles. The van der Waals surface area contributed by atoms with Crippen LogP contribution in [0.2, 0.25) is 13.1 Å². The van der Waals surface area contributed by atoms with Crippen molar-refractivity contribution in [3.8, 4) is 0 Å². The summed E-state index contributed by atoms with van der Waals surface area (Å²) in [6.07, 6.45) is 8.86. The summed E-state index contributed by atoms with van der Waals surface area (Å²) in [5.74, 6) is -1.80. The van der Waals surface area contributed by atoms with Crippen molar-refractivity contribution in [2.24, 2.45) is 0 Å². The third-order valence-corrected chi connectivity index (χ3v) is 6.65. The van der Waals surface area contributed by atoms with Gasteiger partial charge in [0.05, 0.1) is 0 Å². The summed E-state index contributed by atoms with van der Waals surface area (Å²) in [6.45, 7) is 15.2. The Kier molecular flexibility index (Phi) is 11.7. The number of hydrogen-bond acceptors (Lipinski definition) is 3. The predicted octanol–water partition coefficient (Wildman–Crippen LogP) is 6.33. The predicted molar refractivity (Wildman–Crippen MR) is 154 cm³/mol. The molecule has 0 saturated carbocycles. The van der Waals surface area contributed by atoms with Gasteiger partial charge >= 0.3 is 0 Å². The van der Waals surface area contributed by atoms with Gasteiger partial charge in [0, 0.05) is 56.7 Å². The molecule has 1 aliphatic rings. The van der Waals surface area contributed by atoms with E-state index in [2.05, 4.69) is 49.6 Å². The second-order valence-corrected chi connectivity index (χ2v) is 9.81. The van der Waals surface area contributed by atoms with E-state index < -0.39 is 17.5 Å². The Bertz CT molecular complexity index is 1120. The molecular weight excluding hydrogens is 467 g/mol. The van der Waals surface area contributed by atoms with Gasteiger partial charge in [0.1, 0.15) is 11.6 Å². The van der Waals surface area contributed by atoms with Crippen LogP contribution in [0.25, 0.3) is 11.6 Å². The topological polar surface area (TPSA) is 36.4 Å². The highest BCUT2D eigenvalue weighted by molar-refractivity contribution is 6.72. The Labute approximate surface area is 222 Å². The molecule has 0 saturated heterocycles. The second-order valence-electron chi connectivity index (χ2n) is 9.81. The standard InChI is InChI=1S/C28H36BF2N3O.C2H6/c1-7-11-29(4)24-8-12-32-20(3)23(24)15-19(2)18-34-13-9-21(10-14-34)27-25(30)16-22(17-26(27)31)28(35)33(5)6;1-2/h8-9,12,15-17H,7,10-11,13-14,18H2,1-6H3;1-2H3/b19-15+;. The highest BCUT2D eigenvalue weighted by Crippen LogP contribution is 2.29. The Morgan fingerprint density at radius 1 is 1.22 bits per heavy atom. The lowest BCUT2D eigenvalue weighted by Crippen LogP contribution is -2.31. The first-order valence-corrected chi connectivity index (χ1v) is 13.4. The smallest absolute Gasteiger partial charge is 0.253 e. The fourth-order valence-electron chi connectivity index (χ4n) is 4.79. The molecule has 1 amide bonds. The Morgan fingerprint density at radius 2 is 1.86 bits per heavy atom. The fourth-order valence-corrected chi connectivity index (χ4v) is 4.79. The van der Waals surface area contributed by atoms with Crippen LogP contribution in [-0.4, -0.2) is 61.1 Å². The molecule has 0 bridgehead atoms. The summed E-state index contributed by atoms with van der Waals surface area (Å²) >= 11 is 0. The maximum atomic E-state index is 14.8. The van der Waals surface area contributed by atoms with E-state index in [0.717, 1.165) is 37.1 Å². The molecule has 4 nitrogen and oxygen atoms in total. The lowest BCUT2D eigenvalue weighted by molar-refractivity contribution is 0.0826. The van der Waals surface area contributed by atoms with E-state index in [1.165, 1.54) is 21.5 Å². The van der Waals surface area contributed by atoms with Gasteiger partial charge in [-0.1, -0.05) is 63.5 Å². The summed E-state index contributed by atoms with van der Waals surface area (Å²) in [5.41, 5.74) is 5.45. The molecule has 1 aromatic carbocycles. The number of nitrogens with zero attached hydrogens (tertiary/aromatic N) is 3. The summed E-state index contributed by atoms with van der Waals surface area (Å²) < 4.78 is 29.6. The van der Waals surface area contributed by atoms with E-state index in [-0.39, 0.29) is 11.1 Å². The molecule has 0 aliphatic carbocycles. The molecule has 0 atom stereocenters. The minimum atomic E-state index is -0.688. The van der Waals surface area contributed by atoms with E-state index in [0.29, 0.717) is 31.8 Å². The van der Waals surface area contributed by atoms with Crippen LogP contribution in [0.4, 0.5) is 8.78 Å². The third-order valence-electron chi connectivity index (χ3n) is 6.65. The van der Waals surface area contributed by atoms with Crippen molar-refractivity contribution in [1.29, 1.82) is 0 Å². The number of rotatable bonds is 8. The lowest BCUT2D eigenvalue weighted by atomic mass is 9.43. The zero-order valence-corrected chi connectivity index (χ0v) is 23.8. The molecule has 3 rings (SSSR count). The molecule has 200 valence electrons. The number of carbonyl (C=O) groups is 1. The lowest BCUT2D eigenvalue weighted by Gasteiger charge is -2.27. The van der Waals surface area contributed by atoms with Gasteiger partial charge in [0.2, 0.25) is 0 Å². The van der Waals surface area contributed by atoms with Crippen LogP contribution >= 0.6 is 0 Å². The van der Waals surface area contributed by atoms with Crippen molar-refractivity contribution in [2.75, 3.05) is 33.7 Å². The summed E-state index contributed by atoms with van der Waals surface area (Å²) in [6, 6.07) is 4.39. The van der Waals surface area contributed by atoms with Crippen molar-refractivity contribution in [2.45, 2.75) is 60.6 Å². The van der Waals surface area contributed by atoms with E-state index >= 15 is 0 Å². The van der Waals surface area contributed by atoms with Crippen LogP contribution in [0, 0.1) is 18.6 Å². The van der Waals surface area contributed by atoms with E-state index in [1.807, 2.05) is 26.1 Å². The monoisotopic (exact) mass is 509 g/mol. The quantitative estimate of drug-likeness (QED) is 0.390. The molecule has 0 unspecified atom stereocenters. The summed E-state index contributed by atoms with van der Waals surface area (Å²) in [5, 5.41) is 0. The number of aromatic nitrogens is 1. The Morgan fingerprint density at radius 3 is 2.41 bits per heavy atom. The highest BCUT2D eigenvalue weighted by Gasteiger charge is 2.22. The molecular formula is C30H42BF2N3O. The SMILES string of the molecule is CC.CCCB(C)c1ccnc(C)c1/C=C(\C)CN1CC=C(c2c(F)cc(C(=O)N(C)C)cc2F)CC1. The van der Waals surface area contributed by atoms with E-state index in [1.54, 1.807) is 14.1 Å². The van der Waals surface area contributed by atoms with E-state index in [4.69, 9.17) is 0 Å². The van der Waals surface area contributed by atoms with Crippen molar-refractivity contribution in [3.05, 3.63) is 70.1 Å². The largest absolute Gasteiger partial charge is 0.345 e. The average Bonchev–Trinajstić information content (AvgIpc) is 2.86. The number of amides is 1. The molecule has 2 aromatic rings. The molecule has 0 radical (unpaired) electrons. The number of hydrogen-bond donors (Lipinski definition) is 0. The van der Waals surface area contributed by atoms with Crippen molar-refractivity contribution in [1.82, 2.24) is 14.8 Å². The first-order chi connectivity index (χ1) is 17.6. The van der Waals surface area contributed by atoms with Crippen LogP contribution < -0.4 is 5.46 Å². The maximum Gasteiger partial charge on any atom is 0.253 e. The van der Waals surface area contributed by atoms with Gasteiger partial charge in [-0.3, -0.25) is 14.7 Å². The van der Waals surface area contributed by atoms with Gasteiger partial charge in [0.25, 0.3) is 5.91 Å². The van der Waals surface area contributed by atoms with Crippen molar-refractivity contribution >= 4 is 29.7 Å². The number of carbonyl (C=O) groups excluding carboxylic acids is 1. The van der Waals surface area contributed by atoms with Crippen LogP contribution in [0.1, 0.15) is 67.7 Å². The third kappa shape index (κ3) is 7.84. The molecule has 7 heteroatoms. The average molecular weight is 509 g/mol. The first kappa shape index (κ1) is 30.4. The Hall–Kier alpha value is -2.80. The van der Waals surface area contributed by atoms with Gasteiger partial charge in [-0.05, 0) is 49.6 Å². The number of pyridine rings is 1. The molecule has 37 heavy (non-hydrogen) atoms. The number of halogens is 2. The summed E-state index contributed by atoms with van der Waals surface area (Å²) in [4.78, 5) is 20.2. The van der Waals surface area contributed by atoms with Gasteiger partial charge in [-0.15, -0.1) is 0 Å². The number of benzene rings is 1. The first-order valence-electron chi connectivity index (χ1n) is 13.4. The molecule has 0 N–H and O–H groups in total. The zero-order valence-electron chi connectivity index (χ0n) is 23.8. The minimum Gasteiger partial charge on any atom is -0.345 e. The van der Waals surface area contributed by atoms with Crippen LogP contribution in [0.3, 0.4) is 0 Å². The van der Waals surface area contributed by atoms with Crippen LogP contribution in [0.15, 0.2) is 36.0 Å². The van der Waals surface area contributed by atoms with Crippen molar-refractivity contribution in [3.63, 3.8) is 0 Å². The van der Waals surface area contributed by atoms with E-state index in [9.17, 15) is 13.6 Å². The van der Waals surface area contributed by atoms with Crippen LogP contribution in [-0.2, 0) is 0 Å². The molecule has 0 spiro atoms. The Balaban J connectivity index is 0.00000235. The van der Waals surface area contributed by atoms with Gasteiger partial charge in [-0.2, -0.15) is 0 Å².